The molecule has 148 valence electrons. The molecule has 2 aliphatic rings. The van der Waals surface area contributed by atoms with Gasteiger partial charge in [0.1, 0.15) is 11.2 Å². The van der Waals surface area contributed by atoms with E-state index in [-0.39, 0.29) is 5.91 Å². The summed E-state index contributed by atoms with van der Waals surface area (Å²) in [5, 5.41) is 10.8. The van der Waals surface area contributed by atoms with Crippen molar-refractivity contribution >= 4 is 44.9 Å². The molecule has 0 saturated carbocycles. The fraction of sp³-hybridized carbons (Fsp3) is 0.600. The van der Waals surface area contributed by atoms with Gasteiger partial charge in [-0.25, -0.2) is 4.98 Å². The summed E-state index contributed by atoms with van der Waals surface area (Å²) in [6, 6.07) is 0. The Morgan fingerprint density at radius 1 is 1.25 bits per heavy atom. The van der Waals surface area contributed by atoms with Crippen molar-refractivity contribution in [3.05, 3.63) is 16.8 Å². The van der Waals surface area contributed by atoms with Gasteiger partial charge in [-0.2, -0.15) is 0 Å². The first-order valence-electron chi connectivity index (χ1n) is 10.3. The van der Waals surface area contributed by atoms with Crippen molar-refractivity contribution < 1.29 is 4.79 Å². The van der Waals surface area contributed by atoms with Crippen LogP contribution >= 0.6 is 23.1 Å². The number of aromatic nitrogens is 4. The lowest BCUT2D eigenvalue weighted by Crippen LogP contribution is -2.33. The number of nitrogens with zero attached hydrogens (tertiary/aromatic N) is 5. The van der Waals surface area contributed by atoms with Gasteiger partial charge in [-0.3, -0.25) is 9.20 Å². The average molecular weight is 416 g/mol. The molecule has 0 N–H and O–H groups in total. The number of amides is 1. The van der Waals surface area contributed by atoms with Crippen molar-refractivity contribution in [3.8, 4) is 0 Å². The van der Waals surface area contributed by atoms with Crippen molar-refractivity contribution in [2.45, 2.75) is 57.0 Å². The van der Waals surface area contributed by atoms with Crippen LogP contribution in [0.1, 0.15) is 49.5 Å². The van der Waals surface area contributed by atoms with Crippen molar-refractivity contribution in [2.24, 2.45) is 5.92 Å². The highest BCUT2D eigenvalue weighted by molar-refractivity contribution is 7.99. The highest BCUT2D eigenvalue weighted by atomic mass is 32.2. The maximum absolute atomic E-state index is 12.6. The average Bonchev–Trinajstić information content (AvgIpc) is 3.14. The summed E-state index contributed by atoms with van der Waals surface area (Å²) < 4.78 is 1.97. The minimum absolute atomic E-state index is 0.208. The molecule has 1 saturated heterocycles. The predicted molar refractivity (Wildman–Crippen MR) is 113 cm³/mol. The van der Waals surface area contributed by atoms with Crippen molar-refractivity contribution in [3.63, 3.8) is 0 Å². The van der Waals surface area contributed by atoms with Gasteiger partial charge < -0.3 is 4.90 Å². The summed E-state index contributed by atoms with van der Waals surface area (Å²) in [4.78, 5) is 21.8. The summed E-state index contributed by atoms with van der Waals surface area (Å²) in [5.74, 6) is 1.36. The largest absolute Gasteiger partial charge is 0.342 e. The van der Waals surface area contributed by atoms with Crippen LogP contribution in [0.2, 0.25) is 0 Å². The van der Waals surface area contributed by atoms with E-state index >= 15 is 0 Å². The quantitative estimate of drug-likeness (QED) is 0.606. The molecule has 1 atom stereocenters. The number of likely N-dealkylation sites (tertiary alicyclic amines) is 1. The first-order chi connectivity index (χ1) is 13.7. The van der Waals surface area contributed by atoms with E-state index in [4.69, 9.17) is 4.98 Å². The fourth-order valence-corrected chi connectivity index (χ4v) is 6.51. The van der Waals surface area contributed by atoms with Gasteiger partial charge in [-0.1, -0.05) is 31.5 Å². The molecule has 1 amide bonds. The summed E-state index contributed by atoms with van der Waals surface area (Å²) in [7, 11) is 0. The van der Waals surface area contributed by atoms with E-state index in [9.17, 15) is 4.79 Å². The van der Waals surface area contributed by atoms with E-state index in [0.29, 0.717) is 5.75 Å². The summed E-state index contributed by atoms with van der Waals surface area (Å²) in [6.07, 6.45) is 9.99. The molecule has 0 unspecified atom stereocenters. The zero-order valence-electron chi connectivity index (χ0n) is 16.2. The zero-order valence-corrected chi connectivity index (χ0v) is 17.8. The third-order valence-corrected chi connectivity index (χ3v) is 8.05. The number of hydrogen-bond donors (Lipinski definition) is 0. The van der Waals surface area contributed by atoms with Crippen LogP contribution in [0.4, 0.5) is 0 Å². The van der Waals surface area contributed by atoms with Crippen LogP contribution in [-0.2, 0) is 17.6 Å². The monoisotopic (exact) mass is 415 g/mol. The second-order valence-electron chi connectivity index (χ2n) is 8.04. The number of rotatable bonds is 3. The van der Waals surface area contributed by atoms with Crippen LogP contribution in [-0.4, -0.2) is 49.2 Å². The predicted octanol–water partition coefficient (Wildman–Crippen LogP) is 3.96. The molecule has 6 nitrogen and oxygen atoms in total. The minimum Gasteiger partial charge on any atom is -0.342 e. The number of aryl methyl sites for hydroxylation is 1. The van der Waals surface area contributed by atoms with Crippen LogP contribution in [0.25, 0.3) is 15.9 Å². The maximum atomic E-state index is 12.6. The summed E-state index contributed by atoms with van der Waals surface area (Å²) >= 11 is 3.28. The van der Waals surface area contributed by atoms with Gasteiger partial charge in [0.25, 0.3) is 0 Å². The molecular weight excluding hydrogens is 390 g/mol. The second-order valence-corrected chi connectivity index (χ2v) is 10.1. The Morgan fingerprint density at radius 3 is 2.89 bits per heavy atom. The molecular formula is C20H25N5OS2. The van der Waals surface area contributed by atoms with Crippen molar-refractivity contribution in [1.82, 2.24) is 24.5 Å². The molecule has 3 aromatic rings. The number of carbonyl (C=O) groups is 1. The molecule has 28 heavy (non-hydrogen) atoms. The fourth-order valence-electron chi connectivity index (χ4n) is 4.36. The van der Waals surface area contributed by atoms with Gasteiger partial charge >= 0.3 is 0 Å². The molecule has 5 rings (SSSR count). The Morgan fingerprint density at radius 2 is 2.07 bits per heavy atom. The van der Waals surface area contributed by atoms with Gasteiger partial charge in [0, 0.05) is 18.0 Å². The number of thiophene rings is 1. The van der Waals surface area contributed by atoms with Crippen LogP contribution in [0.15, 0.2) is 11.5 Å². The highest BCUT2D eigenvalue weighted by Gasteiger charge is 2.24. The van der Waals surface area contributed by atoms with Gasteiger partial charge in [0.2, 0.25) is 5.91 Å². The van der Waals surface area contributed by atoms with Gasteiger partial charge in [-0.05, 0) is 43.6 Å². The van der Waals surface area contributed by atoms with Crippen LogP contribution < -0.4 is 0 Å². The van der Waals surface area contributed by atoms with Gasteiger partial charge in [-0.15, -0.1) is 21.5 Å². The lowest BCUT2D eigenvalue weighted by molar-refractivity contribution is -0.128. The second kappa shape index (κ2) is 7.63. The number of fused-ring (bicyclic) bond motifs is 5. The van der Waals surface area contributed by atoms with Crippen LogP contribution in [0, 0.1) is 5.92 Å². The number of hydrogen-bond acceptors (Lipinski definition) is 6. The SMILES string of the molecule is C[C@H]1CCc2c(sc3ncn4c(SCC(=O)N5CCCCCC5)nnc4c23)C1. The lowest BCUT2D eigenvalue weighted by Gasteiger charge is -2.19. The molecule has 0 aromatic carbocycles. The number of carbonyl (C=O) groups excluding carboxylic acids is 1. The highest BCUT2D eigenvalue weighted by Crippen LogP contribution is 2.39. The minimum atomic E-state index is 0.208. The van der Waals surface area contributed by atoms with E-state index < -0.39 is 0 Å². The smallest absolute Gasteiger partial charge is 0.233 e. The Balaban J connectivity index is 1.40. The van der Waals surface area contributed by atoms with E-state index in [1.54, 1.807) is 11.3 Å². The normalized spacial score (nSPS) is 20.5. The summed E-state index contributed by atoms with van der Waals surface area (Å²) in [6.45, 7) is 4.10. The topological polar surface area (TPSA) is 63.4 Å². The van der Waals surface area contributed by atoms with Crippen molar-refractivity contribution in [2.75, 3.05) is 18.8 Å². The lowest BCUT2D eigenvalue weighted by atomic mass is 9.89. The molecule has 0 spiro atoms. The summed E-state index contributed by atoms with van der Waals surface area (Å²) in [5.41, 5.74) is 2.31. The van der Waals surface area contributed by atoms with Crippen LogP contribution in [0.3, 0.4) is 0 Å². The molecule has 1 aliphatic carbocycles. The molecule has 4 heterocycles. The molecule has 8 heteroatoms. The third kappa shape index (κ3) is 3.30. The molecule has 1 aliphatic heterocycles. The maximum Gasteiger partial charge on any atom is 0.233 e. The third-order valence-electron chi connectivity index (χ3n) is 5.96. The Kier molecular flexibility index (Phi) is 5.00. The molecule has 1 fully saturated rings. The van der Waals surface area contributed by atoms with Gasteiger partial charge in [0.15, 0.2) is 10.8 Å². The van der Waals surface area contributed by atoms with E-state index in [1.807, 2.05) is 15.6 Å². The molecule has 0 bridgehead atoms. The Labute approximate surface area is 172 Å². The molecule has 3 aromatic heterocycles. The van der Waals surface area contributed by atoms with E-state index in [0.717, 1.165) is 60.3 Å². The zero-order chi connectivity index (χ0) is 19.1. The standard InChI is InChI=1S/C20H25N5OS2/c1-13-6-7-14-15(10-13)28-19-17(14)18-22-23-20(25(18)12-21-19)27-11-16(26)24-8-4-2-3-5-9-24/h12-13H,2-11H2,1H3/t13-/m0/s1. The van der Waals surface area contributed by atoms with Crippen LogP contribution in [0.5, 0.6) is 0 Å². The van der Waals surface area contributed by atoms with Gasteiger partial charge in [0.05, 0.1) is 11.1 Å². The number of thioether (sulfide) groups is 1. The molecule has 0 radical (unpaired) electrons. The van der Waals surface area contributed by atoms with E-state index in [2.05, 4.69) is 17.1 Å². The van der Waals surface area contributed by atoms with Crippen molar-refractivity contribution in [1.29, 1.82) is 0 Å². The first-order valence-corrected chi connectivity index (χ1v) is 12.1. The van der Waals surface area contributed by atoms with E-state index in [1.165, 1.54) is 46.9 Å². The Hall–Kier alpha value is -1.67. The first kappa shape index (κ1) is 18.4. The Bertz CT molecular complexity index is 1020.